The molecule has 2 aromatic heterocycles. The Kier molecular flexibility index (Phi) is 3.78. The summed E-state index contributed by atoms with van der Waals surface area (Å²) in [6.07, 6.45) is 6.12. The number of hydrogen-bond donors (Lipinski definition) is 0. The van der Waals surface area contributed by atoms with Gasteiger partial charge >= 0.3 is 0 Å². The van der Waals surface area contributed by atoms with Crippen molar-refractivity contribution in [2.24, 2.45) is 7.05 Å². The Morgan fingerprint density at radius 2 is 2.18 bits per heavy atom. The Morgan fingerprint density at radius 1 is 1.35 bits per heavy atom. The fourth-order valence-electron chi connectivity index (χ4n) is 1.78. The molecule has 0 aliphatic heterocycles. The molecule has 0 atom stereocenters. The van der Waals surface area contributed by atoms with Crippen LogP contribution in [0.4, 0.5) is 0 Å². The van der Waals surface area contributed by atoms with E-state index in [9.17, 15) is 4.79 Å². The molecule has 2 rings (SSSR count). The second kappa shape index (κ2) is 5.31. The fourth-order valence-corrected chi connectivity index (χ4v) is 1.97. The minimum absolute atomic E-state index is 0.0195. The molecule has 0 N–H and O–H groups in total. The Balaban J connectivity index is 2.18. The summed E-state index contributed by atoms with van der Waals surface area (Å²) >= 11 is 5.60. The Morgan fingerprint density at radius 3 is 2.94 bits per heavy atom. The van der Waals surface area contributed by atoms with Gasteiger partial charge < -0.3 is 0 Å². The molecule has 6 heteroatoms. The van der Waals surface area contributed by atoms with Crippen LogP contribution in [0.3, 0.4) is 0 Å². The van der Waals surface area contributed by atoms with Gasteiger partial charge in [-0.1, -0.05) is 6.42 Å². The van der Waals surface area contributed by atoms with Crippen LogP contribution in [0.25, 0.3) is 11.0 Å². The van der Waals surface area contributed by atoms with E-state index in [1.54, 1.807) is 28.8 Å². The Hall–Kier alpha value is -1.36. The van der Waals surface area contributed by atoms with Gasteiger partial charge in [-0.2, -0.15) is 5.10 Å². The second-order valence-electron chi connectivity index (χ2n) is 4.00. The number of alkyl halides is 1. The topological polar surface area (TPSA) is 52.7 Å². The van der Waals surface area contributed by atoms with E-state index in [0.29, 0.717) is 23.5 Å². The van der Waals surface area contributed by atoms with Crippen molar-refractivity contribution in [1.82, 2.24) is 19.3 Å². The van der Waals surface area contributed by atoms with Gasteiger partial charge in [0, 0.05) is 19.5 Å². The summed E-state index contributed by atoms with van der Waals surface area (Å²) in [5.74, 6) is 0.675. The maximum atomic E-state index is 12.0. The molecule has 2 aromatic rings. The molecule has 0 radical (unpaired) electrons. The lowest BCUT2D eigenvalue weighted by Crippen LogP contribution is -2.20. The van der Waals surface area contributed by atoms with Gasteiger partial charge in [-0.05, 0) is 12.8 Å². The van der Waals surface area contributed by atoms with Crippen molar-refractivity contribution < 1.29 is 0 Å². The van der Waals surface area contributed by atoms with Crippen molar-refractivity contribution >= 4 is 22.6 Å². The van der Waals surface area contributed by atoms with Crippen LogP contribution >= 0.6 is 11.6 Å². The third-order valence-electron chi connectivity index (χ3n) is 2.75. The van der Waals surface area contributed by atoms with Crippen molar-refractivity contribution in [2.45, 2.75) is 25.8 Å². The van der Waals surface area contributed by atoms with E-state index in [-0.39, 0.29) is 5.56 Å². The van der Waals surface area contributed by atoms with Crippen molar-refractivity contribution in [2.75, 3.05) is 5.88 Å². The number of fused-ring (bicyclic) bond motifs is 1. The lowest BCUT2D eigenvalue weighted by Gasteiger charge is -2.04. The number of aryl methyl sites for hydroxylation is 2. The van der Waals surface area contributed by atoms with Crippen LogP contribution in [-0.2, 0) is 13.6 Å². The largest absolute Gasteiger partial charge is 0.299 e. The predicted octanol–water partition coefficient (Wildman–Crippen LogP) is 1.54. The lowest BCUT2D eigenvalue weighted by atomic mass is 10.2. The summed E-state index contributed by atoms with van der Waals surface area (Å²) in [5, 5.41) is 4.61. The molecule has 0 saturated heterocycles. The normalized spacial score (nSPS) is 11.2. The quantitative estimate of drug-likeness (QED) is 0.601. The van der Waals surface area contributed by atoms with Crippen LogP contribution in [0.5, 0.6) is 0 Å². The monoisotopic (exact) mass is 254 g/mol. The van der Waals surface area contributed by atoms with E-state index in [1.165, 1.54) is 0 Å². The maximum absolute atomic E-state index is 12.0. The van der Waals surface area contributed by atoms with Crippen LogP contribution in [-0.4, -0.2) is 25.2 Å². The minimum Gasteiger partial charge on any atom is -0.299 e. The first-order chi connectivity index (χ1) is 8.24. The highest BCUT2D eigenvalue weighted by Gasteiger charge is 2.07. The van der Waals surface area contributed by atoms with E-state index in [4.69, 9.17) is 11.6 Å². The molecule has 0 fully saturated rings. The highest BCUT2D eigenvalue weighted by molar-refractivity contribution is 6.17. The number of unbranched alkanes of at least 4 members (excludes halogenated alkanes) is 2. The second-order valence-corrected chi connectivity index (χ2v) is 4.38. The van der Waals surface area contributed by atoms with Crippen molar-refractivity contribution in [3.63, 3.8) is 0 Å². The number of hydrogen-bond acceptors (Lipinski definition) is 3. The zero-order valence-electron chi connectivity index (χ0n) is 9.77. The Labute approximate surface area is 104 Å². The lowest BCUT2D eigenvalue weighted by molar-refractivity contribution is 0.584. The van der Waals surface area contributed by atoms with E-state index in [2.05, 4.69) is 10.1 Å². The van der Waals surface area contributed by atoms with E-state index < -0.39 is 0 Å². The SMILES string of the molecule is Cn1ncc2c(=O)n(CCCCCCl)cnc21. The predicted molar refractivity (Wildman–Crippen MR) is 67.3 cm³/mol. The van der Waals surface area contributed by atoms with Gasteiger partial charge in [0.2, 0.25) is 0 Å². The molecule has 0 aromatic carbocycles. The van der Waals surface area contributed by atoms with Gasteiger partial charge in [-0.15, -0.1) is 11.6 Å². The molecule has 0 aliphatic carbocycles. The first-order valence-corrected chi connectivity index (χ1v) is 6.20. The van der Waals surface area contributed by atoms with Crippen molar-refractivity contribution in [3.8, 4) is 0 Å². The molecule has 0 unspecified atom stereocenters. The van der Waals surface area contributed by atoms with Gasteiger partial charge in [-0.3, -0.25) is 14.0 Å². The zero-order valence-corrected chi connectivity index (χ0v) is 10.5. The molecule has 2 heterocycles. The molecule has 92 valence electrons. The summed E-state index contributed by atoms with van der Waals surface area (Å²) < 4.78 is 3.24. The molecule has 0 amide bonds. The molecule has 0 saturated carbocycles. The zero-order chi connectivity index (χ0) is 12.3. The number of halogens is 1. The summed E-state index contributed by atoms with van der Waals surface area (Å²) in [4.78, 5) is 16.3. The fraction of sp³-hybridized carbons (Fsp3) is 0.545. The summed E-state index contributed by atoms with van der Waals surface area (Å²) in [6.45, 7) is 0.688. The first kappa shape index (κ1) is 12.1. The molecule has 0 aliphatic rings. The summed E-state index contributed by atoms with van der Waals surface area (Å²) in [5.41, 5.74) is 0.612. The number of aromatic nitrogens is 4. The molecule has 0 bridgehead atoms. The van der Waals surface area contributed by atoms with E-state index in [0.717, 1.165) is 19.3 Å². The third kappa shape index (κ3) is 2.49. The average molecular weight is 255 g/mol. The smallest absolute Gasteiger partial charge is 0.264 e. The van der Waals surface area contributed by atoms with E-state index in [1.807, 2.05) is 0 Å². The maximum Gasteiger partial charge on any atom is 0.264 e. The van der Waals surface area contributed by atoms with Crippen LogP contribution in [0.15, 0.2) is 17.3 Å². The van der Waals surface area contributed by atoms with Crippen molar-refractivity contribution in [3.05, 3.63) is 22.9 Å². The van der Waals surface area contributed by atoms with Gasteiger partial charge in [-0.25, -0.2) is 4.98 Å². The standard InChI is InChI=1S/C11H15ClN4O/c1-15-10-9(7-14-15)11(17)16(8-13-10)6-4-2-3-5-12/h7-8H,2-6H2,1H3. The van der Waals surface area contributed by atoms with Crippen LogP contribution < -0.4 is 5.56 Å². The molecule has 0 spiro atoms. The number of rotatable bonds is 5. The van der Waals surface area contributed by atoms with Gasteiger partial charge in [0.05, 0.1) is 12.5 Å². The highest BCUT2D eigenvalue weighted by atomic mass is 35.5. The minimum atomic E-state index is -0.0195. The van der Waals surface area contributed by atoms with Crippen LogP contribution in [0, 0.1) is 0 Å². The highest BCUT2D eigenvalue weighted by Crippen LogP contribution is 2.04. The van der Waals surface area contributed by atoms with Crippen molar-refractivity contribution in [1.29, 1.82) is 0 Å². The first-order valence-electron chi connectivity index (χ1n) is 5.67. The van der Waals surface area contributed by atoms with Crippen LogP contribution in [0.1, 0.15) is 19.3 Å². The molecule has 17 heavy (non-hydrogen) atoms. The molecule has 5 nitrogen and oxygen atoms in total. The summed E-state index contributed by atoms with van der Waals surface area (Å²) in [6, 6.07) is 0. The van der Waals surface area contributed by atoms with Gasteiger partial charge in [0.15, 0.2) is 5.65 Å². The Bertz CT molecular complexity index is 560. The van der Waals surface area contributed by atoms with Crippen LogP contribution in [0.2, 0.25) is 0 Å². The van der Waals surface area contributed by atoms with Gasteiger partial charge in [0.1, 0.15) is 5.39 Å². The third-order valence-corrected chi connectivity index (χ3v) is 3.02. The summed E-state index contributed by atoms with van der Waals surface area (Å²) in [7, 11) is 1.78. The molecular formula is C11H15ClN4O. The number of nitrogens with zero attached hydrogens (tertiary/aromatic N) is 4. The average Bonchev–Trinajstić information content (AvgIpc) is 2.70. The van der Waals surface area contributed by atoms with Gasteiger partial charge in [0.25, 0.3) is 5.56 Å². The van der Waals surface area contributed by atoms with E-state index >= 15 is 0 Å². The molecular weight excluding hydrogens is 240 g/mol.